The lowest BCUT2D eigenvalue weighted by Gasteiger charge is -2.03. The molecule has 0 bridgehead atoms. The molecule has 0 atom stereocenters. The van der Waals surface area contributed by atoms with Gasteiger partial charge in [0.1, 0.15) is 0 Å². The molecule has 2 nitrogen and oxygen atoms in total. The van der Waals surface area contributed by atoms with E-state index in [2.05, 4.69) is 5.43 Å². The second kappa shape index (κ2) is 5.54. The molecule has 12 heavy (non-hydrogen) atoms. The van der Waals surface area contributed by atoms with Crippen LogP contribution in [0.3, 0.4) is 0 Å². The average Bonchev–Trinajstić information content (AvgIpc) is 2.05. The molecule has 0 amide bonds. The highest BCUT2D eigenvalue weighted by molar-refractivity contribution is 7.98. The van der Waals surface area contributed by atoms with Gasteiger partial charge >= 0.3 is 0 Å². The van der Waals surface area contributed by atoms with Gasteiger partial charge in [-0.05, 0) is 24.5 Å². The Morgan fingerprint density at radius 3 is 2.67 bits per heavy atom. The highest BCUT2D eigenvalue weighted by atomic mass is 35.5. The van der Waals surface area contributed by atoms with Gasteiger partial charge in [-0.2, -0.15) is 0 Å². The van der Waals surface area contributed by atoms with Crippen molar-refractivity contribution in [3.63, 3.8) is 0 Å². The van der Waals surface area contributed by atoms with Crippen LogP contribution in [0.4, 0.5) is 5.69 Å². The zero-order valence-electron chi connectivity index (χ0n) is 6.50. The van der Waals surface area contributed by atoms with Crippen LogP contribution in [-0.4, -0.2) is 6.26 Å². The molecule has 0 saturated heterocycles. The first kappa shape index (κ1) is 11.9. The number of nitrogens with two attached hydrogens (primary N) is 1. The Morgan fingerprint density at radius 2 is 2.17 bits per heavy atom. The summed E-state index contributed by atoms with van der Waals surface area (Å²) in [5.74, 6) is 5.23. The molecule has 1 aromatic rings. The predicted molar refractivity (Wildman–Crippen MR) is 58.3 cm³/mol. The third kappa shape index (κ3) is 2.75. The van der Waals surface area contributed by atoms with Gasteiger partial charge in [0.25, 0.3) is 0 Å². The number of benzene rings is 1. The van der Waals surface area contributed by atoms with Crippen molar-refractivity contribution in [2.45, 2.75) is 4.90 Å². The molecule has 0 fully saturated rings. The minimum Gasteiger partial charge on any atom is -0.323 e. The Hall–Kier alpha value is -0.0900. The highest BCUT2D eigenvalue weighted by Crippen LogP contribution is 2.25. The van der Waals surface area contributed by atoms with Gasteiger partial charge in [-0.15, -0.1) is 24.2 Å². The van der Waals surface area contributed by atoms with Gasteiger partial charge in [0.2, 0.25) is 0 Å². The summed E-state index contributed by atoms with van der Waals surface area (Å²) in [6, 6.07) is 5.68. The molecule has 0 radical (unpaired) electrons. The number of hydrogen-bond donors (Lipinski definition) is 2. The lowest BCUT2D eigenvalue weighted by atomic mass is 10.3. The van der Waals surface area contributed by atoms with Crippen LogP contribution in [0, 0.1) is 0 Å². The SMILES string of the molecule is CSc1ccc(Cl)c(NN)c1.Cl. The number of nitrogen functional groups attached to an aromatic ring is 1. The Balaban J connectivity index is 0.00000121. The van der Waals surface area contributed by atoms with Gasteiger partial charge in [0.15, 0.2) is 0 Å². The van der Waals surface area contributed by atoms with Crippen LogP contribution in [0.25, 0.3) is 0 Å². The van der Waals surface area contributed by atoms with Gasteiger partial charge in [-0.25, -0.2) is 0 Å². The third-order valence-corrected chi connectivity index (χ3v) is 2.38. The summed E-state index contributed by atoms with van der Waals surface area (Å²) in [6.07, 6.45) is 2.00. The number of hydrogen-bond acceptors (Lipinski definition) is 3. The molecular formula is C7H10Cl2N2S. The monoisotopic (exact) mass is 224 g/mol. The lowest BCUT2D eigenvalue weighted by molar-refractivity contribution is 1.32. The van der Waals surface area contributed by atoms with Crippen molar-refractivity contribution in [3.8, 4) is 0 Å². The van der Waals surface area contributed by atoms with Crippen LogP contribution in [0.15, 0.2) is 23.1 Å². The van der Waals surface area contributed by atoms with Crippen molar-refractivity contribution in [1.29, 1.82) is 0 Å². The molecular weight excluding hydrogens is 215 g/mol. The molecule has 68 valence electrons. The summed E-state index contributed by atoms with van der Waals surface area (Å²) in [5.41, 5.74) is 3.29. The first-order valence-corrected chi connectivity index (χ1v) is 4.68. The van der Waals surface area contributed by atoms with Crippen molar-refractivity contribution >= 4 is 41.5 Å². The molecule has 1 rings (SSSR count). The molecule has 3 N–H and O–H groups in total. The molecule has 0 aliphatic rings. The Kier molecular flexibility index (Phi) is 5.50. The van der Waals surface area contributed by atoms with Crippen LogP contribution in [-0.2, 0) is 0 Å². The van der Waals surface area contributed by atoms with E-state index >= 15 is 0 Å². The fraction of sp³-hybridized carbons (Fsp3) is 0.143. The number of thioether (sulfide) groups is 1. The van der Waals surface area contributed by atoms with Crippen LogP contribution >= 0.6 is 35.8 Å². The Morgan fingerprint density at radius 1 is 1.50 bits per heavy atom. The summed E-state index contributed by atoms with van der Waals surface area (Å²) < 4.78 is 0. The van der Waals surface area contributed by atoms with Gasteiger partial charge in [-0.1, -0.05) is 11.6 Å². The highest BCUT2D eigenvalue weighted by Gasteiger charge is 1.98. The average molecular weight is 225 g/mol. The molecule has 0 saturated carbocycles. The van der Waals surface area contributed by atoms with E-state index in [0.717, 1.165) is 10.6 Å². The first-order valence-electron chi connectivity index (χ1n) is 3.08. The first-order chi connectivity index (χ1) is 5.27. The summed E-state index contributed by atoms with van der Waals surface area (Å²) >= 11 is 7.45. The maximum absolute atomic E-state index is 5.80. The molecule has 0 aliphatic carbocycles. The number of hydrazine groups is 1. The number of nitrogens with one attached hydrogen (secondary N) is 1. The Bertz CT molecular complexity index is 255. The molecule has 0 aromatic heterocycles. The van der Waals surface area contributed by atoms with E-state index in [4.69, 9.17) is 17.4 Å². The minimum atomic E-state index is 0. The van der Waals surface area contributed by atoms with E-state index in [1.807, 2.05) is 24.5 Å². The number of anilines is 1. The topological polar surface area (TPSA) is 38.0 Å². The van der Waals surface area contributed by atoms with Gasteiger partial charge < -0.3 is 5.43 Å². The third-order valence-electron chi connectivity index (χ3n) is 1.33. The second-order valence-electron chi connectivity index (χ2n) is 1.99. The van der Waals surface area contributed by atoms with Crippen LogP contribution in [0.2, 0.25) is 5.02 Å². The number of rotatable bonds is 2. The Labute approximate surface area is 87.2 Å². The quantitative estimate of drug-likeness (QED) is 0.461. The number of halogens is 2. The minimum absolute atomic E-state index is 0. The smallest absolute Gasteiger partial charge is 0.0683 e. The van der Waals surface area contributed by atoms with Crippen LogP contribution < -0.4 is 11.3 Å². The van der Waals surface area contributed by atoms with E-state index in [-0.39, 0.29) is 12.4 Å². The van der Waals surface area contributed by atoms with E-state index < -0.39 is 0 Å². The van der Waals surface area contributed by atoms with E-state index in [0.29, 0.717) is 5.02 Å². The maximum atomic E-state index is 5.80. The lowest BCUT2D eigenvalue weighted by Crippen LogP contribution is -2.06. The van der Waals surface area contributed by atoms with E-state index in [9.17, 15) is 0 Å². The maximum Gasteiger partial charge on any atom is 0.0683 e. The van der Waals surface area contributed by atoms with Crippen LogP contribution in [0.1, 0.15) is 0 Å². The summed E-state index contributed by atoms with van der Waals surface area (Å²) in [5, 5.41) is 0.644. The molecule has 0 heterocycles. The second-order valence-corrected chi connectivity index (χ2v) is 3.28. The van der Waals surface area contributed by atoms with Crippen LogP contribution in [0.5, 0.6) is 0 Å². The standard InChI is InChI=1S/C7H9ClN2S.ClH/c1-11-5-2-3-6(8)7(4-5)10-9;/h2-4,10H,9H2,1H3;1H. The summed E-state index contributed by atoms with van der Waals surface area (Å²) in [7, 11) is 0. The molecule has 5 heteroatoms. The molecule has 0 unspecified atom stereocenters. The van der Waals surface area contributed by atoms with E-state index in [1.165, 1.54) is 0 Å². The molecule has 1 aromatic carbocycles. The van der Waals surface area contributed by atoms with Crippen molar-refractivity contribution in [2.75, 3.05) is 11.7 Å². The molecule has 0 aliphatic heterocycles. The predicted octanol–water partition coefficient (Wildman–Crippen LogP) is 2.77. The van der Waals surface area contributed by atoms with Gasteiger partial charge in [0.05, 0.1) is 10.7 Å². The fourth-order valence-electron chi connectivity index (χ4n) is 0.742. The van der Waals surface area contributed by atoms with Crippen molar-refractivity contribution in [2.24, 2.45) is 5.84 Å². The van der Waals surface area contributed by atoms with Crippen molar-refractivity contribution in [1.82, 2.24) is 0 Å². The zero-order chi connectivity index (χ0) is 8.27. The summed E-state index contributed by atoms with van der Waals surface area (Å²) in [6.45, 7) is 0. The normalized spacial score (nSPS) is 8.92. The van der Waals surface area contributed by atoms with Crippen molar-refractivity contribution < 1.29 is 0 Å². The van der Waals surface area contributed by atoms with E-state index in [1.54, 1.807) is 11.8 Å². The van der Waals surface area contributed by atoms with Gasteiger partial charge in [0, 0.05) is 4.90 Å². The zero-order valence-corrected chi connectivity index (χ0v) is 8.89. The van der Waals surface area contributed by atoms with Crippen molar-refractivity contribution in [3.05, 3.63) is 23.2 Å². The fourth-order valence-corrected chi connectivity index (χ4v) is 1.35. The van der Waals surface area contributed by atoms with Gasteiger partial charge in [-0.3, -0.25) is 5.84 Å². The molecule has 0 spiro atoms. The largest absolute Gasteiger partial charge is 0.323 e. The summed E-state index contributed by atoms with van der Waals surface area (Å²) in [4.78, 5) is 1.14.